The Morgan fingerprint density at radius 3 is 2.33 bits per heavy atom. The van der Waals surface area contributed by atoms with Crippen LogP contribution in [0.5, 0.6) is 0 Å². The predicted octanol–water partition coefficient (Wildman–Crippen LogP) is 2.30. The second-order valence-corrected chi connectivity index (χ2v) is 8.79. The number of aromatic nitrogens is 4. The van der Waals surface area contributed by atoms with Crippen LogP contribution < -0.4 is 15.8 Å². The van der Waals surface area contributed by atoms with Crippen molar-refractivity contribution >= 4 is 11.9 Å². The van der Waals surface area contributed by atoms with Crippen LogP contribution in [0.4, 0.5) is 32.3 Å². The van der Waals surface area contributed by atoms with E-state index in [9.17, 15) is 35.9 Å². The first kappa shape index (κ1) is 25.9. The zero-order valence-electron chi connectivity index (χ0n) is 19.1. The molecule has 2 aromatic rings. The number of nitrogens with one attached hydrogen (secondary N) is 2. The quantitative estimate of drug-likeness (QED) is 0.584. The Balaban J connectivity index is 1.31. The van der Waals surface area contributed by atoms with Gasteiger partial charge in [0.05, 0.1) is 17.3 Å². The second-order valence-electron chi connectivity index (χ2n) is 8.79. The van der Waals surface area contributed by atoms with Crippen molar-refractivity contribution in [3.8, 4) is 0 Å². The average molecular weight is 519 g/mol. The number of alkyl halides is 6. The molecule has 2 N–H and O–H groups in total. The number of carbonyl (C=O) groups excluding carboxylic acids is 1. The van der Waals surface area contributed by atoms with Crippen LogP contribution in [0.25, 0.3) is 0 Å². The molecule has 9 nitrogen and oxygen atoms in total. The first-order valence-corrected chi connectivity index (χ1v) is 11.2. The van der Waals surface area contributed by atoms with Gasteiger partial charge in [-0.05, 0) is 25.3 Å². The van der Waals surface area contributed by atoms with E-state index in [1.165, 1.54) is 0 Å². The lowest BCUT2D eigenvalue weighted by Crippen LogP contribution is -2.50. The van der Waals surface area contributed by atoms with E-state index >= 15 is 0 Å². The van der Waals surface area contributed by atoms with Gasteiger partial charge in [-0.25, -0.2) is 15.1 Å². The monoisotopic (exact) mass is 519 g/mol. The molecule has 2 atom stereocenters. The van der Waals surface area contributed by atoms with Crippen LogP contribution in [0.2, 0.25) is 0 Å². The fourth-order valence-corrected chi connectivity index (χ4v) is 4.51. The van der Waals surface area contributed by atoms with Crippen LogP contribution in [-0.2, 0) is 23.6 Å². The number of rotatable bonds is 5. The number of halogens is 6. The smallest absolute Gasteiger partial charge is 0.339 e. The molecule has 1 fully saturated rings. The molecule has 1 aliphatic heterocycles. The molecular weight excluding hydrogens is 496 g/mol. The standard InChI is InChI=1S/C21H23F6N7O2/c1-11(30-14-3-2-13-16(21(25,26)27)18(36)32-31-17(13)14)8-15(35)33-4-6-34(7-5-33)19-28-9-12(10-29-19)20(22,23)24/h9-11,14,30H,2-8H2,1H3,(H,32,36). The minimum atomic E-state index is -4.79. The molecule has 4 rings (SSSR count). The number of amides is 1. The number of piperazine rings is 1. The SMILES string of the molecule is CC(CC(=O)N1CCN(c2ncc(C(F)(F)F)cn2)CC1)NC1CCc2c1n[nH]c(=O)c2C(F)(F)F. The molecule has 1 aliphatic carbocycles. The molecule has 196 valence electrons. The van der Waals surface area contributed by atoms with E-state index in [2.05, 4.69) is 20.4 Å². The van der Waals surface area contributed by atoms with Crippen LogP contribution in [-0.4, -0.2) is 63.2 Å². The summed E-state index contributed by atoms with van der Waals surface area (Å²) in [6.07, 6.45) is -7.43. The van der Waals surface area contributed by atoms with Gasteiger partial charge in [0.2, 0.25) is 11.9 Å². The maximum absolute atomic E-state index is 13.3. The molecule has 15 heteroatoms. The Morgan fingerprint density at radius 2 is 1.75 bits per heavy atom. The van der Waals surface area contributed by atoms with Crippen LogP contribution in [0.3, 0.4) is 0 Å². The third kappa shape index (κ3) is 5.44. The van der Waals surface area contributed by atoms with Crippen molar-refractivity contribution in [2.75, 3.05) is 31.1 Å². The summed E-state index contributed by atoms with van der Waals surface area (Å²) in [6, 6.07) is -0.915. The lowest BCUT2D eigenvalue weighted by molar-refractivity contribution is -0.139. The van der Waals surface area contributed by atoms with Crippen molar-refractivity contribution in [3.05, 3.63) is 45.1 Å². The zero-order valence-corrected chi connectivity index (χ0v) is 19.1. The summed E-state index contributed by atoms with van der Waals surface area (Å²) in [5, 5.41) is 8.87. The minimum Gasteiger partial charge on any atom is -0.339 e. The molecule has 0 radical (unpaired) electrons. The Morgan fingerprint density at radius 1 is 1.11 bits per heavy atom. The molecule has 1 saturated heterocycles. The Kier molecular flexibility index (Phi) is 6.94. The summed E-state index contributed by atoms with van der Waals surface area (Å²) < 4.78 is 77.9. The first-order valence-electron chi connectivity index (χ1n) is 11.2. The first-order chi connectivity index (χ1) is 16.8. The number of H-pyrrole nitrogens is 1. The topological polar surface area (TPSA) is 107 Å². The fourth-order valence-electron chi connectivity index (χ4n) is 4.51. The van der Waals surface area contributed by atoms with Gasteiger partial charge in [0.25, 0.3) is 5.56 Å². The number of carbonyl (C=O) groups is 1. The third-order valence-corrected chi connectivity index (χ3v) is 6.26. The largest absolute Gasteiger partial charge is 0.422 e. The van der Waals surface area contributed by atoms with Gasteiger partial charge >= 0.3 is 12.4 Å². The molecular formula is C21H23F6N7O2. The summed E-state index contributed by atoms with van der Waals surface area (Å²) in [6.45, 7) is 3.05. The zero-order chi connectivity index (χ0) is 26.3. The summed E-state index contributed by atoms with van der Waals surface area (Å²) in [5.41, 5.74) is -3.43. The van der Waals surface area contributed by atoms with Gasteiger partial charge in [-0.3, -0.25) is 9.59 Å². The van der Waals surface area contributed by atoms with E-state index in [0.717, 1.165) is 12.4 Å². The maximum Gasteiger partial charge on any atom is 0.422 e. The highest BCUT2D eigenvalue weighted by Crippen LogP contribution is 2.37. The van der Waals surface area contributed by atoms with Crippen molar-refractivity contribution in [1.82, 2.24) is 30.4 Å². The van der Waals surface area contributed by atoms with E-state index in [-0.39, 0.29) is 42.0 Å². The van der Waals surface area contributed by atoms with Gasteiger partial charge in [0.1, 0.15) is 5.56 Å². The molecule has 1 amide bonds. The van der Waals surface area contributed by atoms with Crippen molar-refractivity contribution in [1.29, 1.82) is 0 Å². The minimum absolute atomic E-state index is 0.0490. The molecule has 3 heterocycles. The average Bonchev–Trinajstić information content (AvgIpc) is 3.19. The second kappa shape index (κ2) is 9.67. The highest BCUT2D eigenvalue weighted by atomic mass is 19.4. The van der Waals surface area contributed by atoms with Gasteiger partial charge in [-0.15, -0.1) is 0 Å². The highest BCUT2D eigenvalue weighted by molar-refractivity contribution is 5.77. The van der Waals surface area contributed by atoms with Crippen molar-refractivity contribution in [3.63, 3.8) is 0 Å². The van der Waals surface area contributed by atoms with E-state index in [1.54, 1.807) is 16.7 Å². The van der Waals surface area contributed by atoms with Crippen LogP contribution in [0.1, 0.15) is 48.2 Å². The number of aromatic amines is 1. The van der Waals surface area contributed by atoms with E-state index in [1.807, 2.05) is 5.10 Å². The van der Waals surface area contributed by atoms with Crippen LogP contribution in [0, 0.1) is 0 Å². The van der Waals surface area contributed by atoms with Gasteiger partial charge in [-0.2, -0.15) is 31.4 Å². The molecule has 36 heavy (non-hydrogen) atoms. The maximum atomic E-state index is 13.3. The number of hydrogen-bond acceptors (Lipinski definition) is 7. The Hall–Kier alpha value is -3.23. The van der Waals surface area contributed by atoms with Crippen LogP contribution >= 0.6 is 0 Å². The lowest BCUT2D eigenvalue weighted by atomic mass is 10.1. The van der Waals surface area contributed by atoms with Crippen molar-refractivity contribution in [2.45, 2.75) is 50.6 Å². The molecule has 0 aromatic carbocycles. The summed E-state index contributed by atoms with van der Waals surface area (Å²) in [7, 11) is 0. The normalized spacial score (nSPS) is 19.4. The Bertz CT molecular complexity index is 1160. The van der Waals surface area contributed by atoms with Gasteiger partial charge in [0, 0.05) is 51.0 Å². The fraction of sp³-hybridized carbons (Fsp3) is 0.571. The van der Waals surface area contributed by atoms with Crippen molar-refractivity contribution in [2.24, 2.45) is 0 Å². The van der Waals surface area contributed by atoms with Gasteiger partial charge in [0.15, 0.2) is 0 Å². The van der Waals surface area contributed by atoms with Crippen molar-refractivity contribution < 1.29 is 31.1 Å². The molecule has 0 saturated carbocycles. The predicted molar refractivity (Wildman–Crippen MR) is 114 cm³/mol. The van der Waals surface area contributed by atoms with Crippen LogP contribution in [0.15, 0.2) is 17.2 Å². The van der Waals surface area contributed by atoms with Gasteiger partial charge in [-0.1, -0.05) is 0 Å². The van der Waals surface area contributed by atoms with E-state index in [4.69, 9.17) is 0 Å². The Labute approximate surface area is 200 Å². The summed E-state index contributed by atoms with van der Waals surface area (Å²) in [4.78, 5) is 35.3. The van der Waals surface area contributed by atoms with E-state index < -0.39 is 35.1 Å². The molecule has 2 aromatic heterocycles. The number of hydrogen-bond donors (Lipinski definition) is 2. The number of fused-ring (bicyclic) bond motifs is 1. The van der Waals surface area contributed by atoms with E-state index in [0.29, 0.717) is 32.6 Å². The third-order valence-electron chi connectivity index (χ3n) is 6.26. The summed E-state index contributed by atoms with van der Waals surface area (Å²) in [5.74, 6) is -0.0274. The molecule has 0 spiro atoms. The van der Waals surface area contributed by atoms with Gasteiger partial charge < -0.3 is 15.1 Å². The number of anilines is 1. The lowest BCUT2D eigenvalue weighted by Gasteiger charge is -2.35. The highest BCUT2D eigenvalue weighted by Gasteiger charge is 2.41. The number of nitrogens with zero attached hydrogens (tertiary/aromatic N) is 5. The molecule has 2 aliphatic rings. The molecule has 0 bridgehead atoms. The summed E-state index contributed by atoms with van der Waals surface area (Å²) >= 11 is 0. The molecule has 2 unspecified atom stereocenters.